The first-order valence-electron chi connectivity index (χ1n) is 9.68. The summed E-state index contributed by atoms with van der Waals surface area (Å²) in [7, 11) is 0. The number of nitrogens with zero attached hydrogens (tertiary/aromatic N) is 1. The van der Waals surface area contributed by atoms with Gasteiger partial charge in [0.25, 0.3) is 0 Å². The van der Waals surface area contributed by atoms with Gasteiger partial charge in [-0.15, -0.1) is 6.42 Å². The molecule has 138 valence electrons. The van der Waals surface area contributed by atoms with Crippen molar-refractivity contribution in [1.29, 1.82) is 0 Å². The van der Waals surface area contributed by atoms with Crippen LogP contribution in [0.25, 0.3) is 44.7 Å². The van der Waals surface area contributed by atoms with E-state index in [1.54, 1.807) is 6.08 Å². The topological polar surface area (TPSA) is 20.7 Å². The molecule has 3 aromatic carbocycles. The Morgan fingerprint density at radius 2 is 1.69 bits per heavy atom. The summed E-state index contributed by atoms with van der Waals surface area (Å²) in [5, 5.41) is 2.48. The molecule has 2 heteroatoms. The number of rotatable bonds is 3. The van der Waals surface area contributed by atoms with E-state index in [4.69, 9.17) is 6.42 Å². The van der Waals surface area contributed by atoms with Crippen molar-refractivity contribution in [3.05, 3.63) is 96.3 Å². The van der Waals surface area contributed by atoms with Crippen molar-refractivity contribution in [1.82, 2.24) is 9.55 Å². The van der Waals surface area contributed by atoms with Crippen LogP contribution < -0.4 is 0 Å². The van der Waals surface area contributed by atoms with Crippen LogP contribution in [-0.4, -0.2) is 9.55 Å². The molecule has 0 saturated carbocycles. The molecule has 1 N–H and O–H groups in total. The van der Waals surface area contributed by atoms with Crippen LogP contribution in [0.15, 0.2) is 85.1 Å². The number of benzene rings is 3. The third-order valence-corrected chi connectivity index (χ3v) is 5.48. The number of allylic oxidation sites excluding steroid dienone is 1. The van der Waals surface area contributed by atoms with Crippen LogP contribution in [0.4, 0.5) is 0 Å². The molecule has 2 nitrogen and oxygen atoms in total. The summed E-state index contributed by atoms with van der Waals surface area (Å²) in [5.41, 5.74) is 8.15. The van der Waals surface area contributed by atoms with E-state index in [1.165, 1.54) is 33.0 Å². The summed E-state index contributed by atoms with van der Waals surface area (Å²) in [6.07, 6.45) is 11.3. The van der Waals surface area contributed by atoms with E-state index < -0.39 is 0 Å². The van der Waals surface area contributed by atoms with E-state index >= 15 is 0 Å². The lowest BCUT2D eigenvalue weighted by molar-refractivity contribution is 1.13. The molecular formula is C27H20N2. The molecule has 29 heavy (non-hydrogen) atoms. The summed E-state index contributed by atoms with van der Waals surface area (Å²) in [4.78, 5) is 3.56. The number of aromatic amines is 1. The van der Waals surface area contributed by atoms with Crippen molar-refractivity contribution in [2.24, 2.45) is 0 Å². The highest BCUT2D eigenvalue weighted by Gasteiger charge is 2.17. The molecule has 0 unspecified atom stereocenters. The van der Waals surface area contributed by atoms with Gasteiger partial charge < -0.3 is 9.55 Å². The number of hydrogen-bond acceptors (Lipinski definition) is 0. The van der Waals surface area contributed by atoms with Crippen molar-refractivity contribution < 1.29 is 0 Å². The van der Waals surface area contributed by atoms with E-state index in [0.29, 0.717) is 0 Å². The lowest BCUT2D eigenvalue weighted by atomic mass is 9.99. The molecule has 0 bridgehead atoms. The predicted molar refractivity (Wildman–Crippen MR) is 123 cm³/mol. The largest absolute Gasteiger partial charge is 0.355 e. The van der Waals surface area contributed by atoms with Gasteiger partial charge in [-0.25, -0.2) is 0 Å². The average molecular weight is 372 g/mol. The Hall–Kier alpha value is -3.96. The molecule has 0 aliphatic carbocycles. The normalized spacial score (nSPS) is 11.4. The minimum atomic E-state index is 1.05. The van der Waals surface area contributed by atoms with Crippen LogP contribution in [-0.2, 0) is 0 Å². The Kier molecular flexibility index (Phi) is 4.08. The first-order chi connectivity index (χ1) is 14.3. The van der Waals surface area contributed by atoms with Gasteiger partial charge >= 0.3 is 0 Å². The highest BCUT2D eigenvalue weighted by atomic mass is 15.0. The van der Waals surface area contributed by atoms with Crippen molar-refractivity contribution in [3.63, 3.8) is 0 Å². The van der Waals surface area contributed by atoms with E-state index in [-0.39, 0.29) is 0 Å². The van der Waals surface area contributed by atoms with Crippen LogP contribution in [0, 0.1) is 19.3 Å². The molecule has 2 heterocycles. The van der Waals surface area contributed by atoms with Gasteiger partial charge in [-0.3, -0.25) is 0 Å². The molecule has 0 fully saturated rings. The fourth-order valence-corrected chi connectivity index (χ4v) is 4.15. The van der Waals surface area contributed by atoms with Gasteiger partial charge in [0, 0.05) is 39.4 Å². The number of hydrogen-bond donors (Lipinski definition) is 1. The molecule has 0 aliphatic rings. The molecule has 0 radical (unpaired) electrons. The van der Waals surface area contributed by atoms with Gasteiger partial charge in [0.15, 0.2) is 0 Å². The van der Waals surface area contributed by atoms with Crippen LogP contribution in [0.3, 0.4) is 0 Å². The van der Waals surface area contributed by atoms with Gasteiger partial charge in [0.1, 0.15) is 0 Å². The van der Waals surface area contributed by atoms with Crippen molar-refractivity contribution in [3.8, 4) is 29.2 Å². The number of aryl methyl sites for hydroxylation is 1. The predicted octanol–water partition coefficient (Wildman–Crippen LogP) is 6.73. The Bertz CT molecular complexity index is 1390. The summed E-state index contributed by atoms with van der Waals surface area (Å²) in [6.45, 7) is 2.15. The molecular weight excluding hydrogens is 352 g/mol. The van der Waals surface area contributed by atoms with E-state index in [1.807, 2.05) is 12.1 Å². The molecule has 0 amide bonds. The third kappa shape index (κ3) is 2.76. The molecule has 2 aromatic heterocycles. The standard InChI is InChI=1S/C27H20N2/c1-3-4-15-24-19(2)26-22-16-17-29(21-13-9-6-10-14-21)27(22)23(18-25(26)28-24)20-11-7-5-8-12-20/h1,4-18,28H,2H3/b15-4-. The Balaban J connectivity index is 1.91. The van der Waals surface area contributed by atoms with E-state index in [0.717, 1.165) is 16.9 Å². The Morgan fingerprint density at radius 1 is 0.966 bits per heavy atom. The van der Waals surface area contributed by atoms with Crippen LogP contribution in [0.5, 0.6) is 0 Å². The summed E-state index contributed by atoms with van der Waals surface area (Å²) >= 11 is 0. The maximum Gasteiger partial charge on any atom is 0.0614 e. The van der Waals surface area contributed by atoms with Gasteiger partial charge in [0.2, 0.25) is 0 Å². The smallest absolute Gasteiger partial charge is 0.0614 e. The van der Waals surface area contributed by atoms with Crippen LogP contribution in [0.1, 0.15) is 11.3 Å². The zero-order valence-corrected chi connectivity index (χ0v) is 16.2. The van der Waals surface area contributed by atoms with Crippen molar-refractivity contribution >= 4 is 27.9 Å². The molecule has 0 saturated heterocycles. The van der Waals surface area contributed by atoms with Gasteiger partial charge in [-0.2, -0.15) is 0 Å². The highest BCUT2D eigenvalue weighted by Crippen LogP contribution is 2.39. The lowest BCUT2D eigenvalue weighted by Gasteiger charge is -2.12. The van der Waals surface area contributed by atoms with Crippen molar-refractivity contribution in [2.75, 3.05) is 0 Å². The Morgan fingerprint density at radius 3 is 2.41 bits per heavy atom. The number of terminal acetylenes is 1. The summed E-state index contributed by atoms with van der Waals surface area (Å²) in [6, 6.07) is 25.5. The average Bonchev–Trinajstić information content (AvgIpc) is 3.34. The fraction of sp³-hybridized carbons (Fsp3) is 0.0370. The molecule has 5 rings (SSSR count). The van der Waals surface area contributed by atoms with E-state index in [2.05, 4.69) is 95.3 Å². The number of aromatic nitrogens is 2. The number of fused-ring (bicyclic) bond motifs is 3. The second-order valence-corrected chi connectivity index (χ2v) is 7.16. The summed E-state index contributed by atoms with van der Waals surface area (Å²) < 4.78 is 2.28. The third-order valence-electron chi connectivity index (χ3n) is 5.48. The molecule has 5 aromatic rings. The van der Waals surface area contributed by atoms with E-state index in [9.17, 15) is 0 Å². The maximum atomic E-state index is 5.43. The zero-order chi connectivity index (χ0) is 19.8. The highest BCUT2D eigenvalue weighted by molar-refractivity contribution is 6.14. The summed E-state index contributed by atoms with van der Waals surface area (Å²) in [5.74, 6) is 2.58. The maximum absolute atomic E-state index is 5.43. The van der Waals surface area contributed by atoms with Gasteiger partial charge in [-0.1, -0.05) is 54.5 Å². The van der Waals surface area contributed by atoms with Crippen molar-refractivity contribution in [2.45, 2.75) is 6.92 Å². The zero-order valence-electron chi connectivity index (χ0n) is 16.2. The SMILES string of the molecule is C#C/C=C\c1[nH]c2cc(-c3ccccc3)c3c(ccn3-c3ccccc3)c2c1C. The second-order valence-electron chi connectivity index (χ2n) is 7.16. The van der Waals surface area contributed by atoms with Gasteiger partial charge in [-0.05, 0) is 54.5 Å². The molecule has 0 atom stereocenters. The first-order valence-corrected chi connectivity index (χ1v) is 9.68. The number of para-hydroxylation sites is 1. The minimum absolute atomic E-state index is 1.05. The lowest BCUT2D eigenvalue weighted by Crippen LogP contribution is -1.94. The number of nitrogens with one attached hydrogen (secondary N) is 1. The number of H-pyrrole nitrogens is 1. The minimum Gasteiger partial charge on any atom is -0.355 e. The Labute approximate surface area is 170 Å². The quantitative estimate of drug-likeness (QED) is 0.339. The van der Waals surface area contributed by atoms with Crippen LogP contribution in [0.2, 0.25) is 0 Å². The van der Waals surface area contributed by atoms with Crippen LogP contribution >= 0.6 is 0 Å². The monoisotopic (exact) mass is 372 g/mol. The second kappa shape index (κ2) is 6.89. The first kappa shape index (κ1) is 17.2. The molecule has 0 aliphatic heterocycles. The fourth-order valence-electron chi connectivity index (χ4n) is 4.15. The van der Waals surface area contributed by atoms with Gasteiger partial charge in [0.05, 0.1) is 5.52 Å². The molecule has 0 spiro atoms.